The molecule has 6 aliphatic rings. The lowest BCUT2D eigenvalue weighted by Gasteiger charge is -2.56. The van der Waals surface area contributed by atoms with E-state index in [-0.39, 0.29) is 10.8 Å². The Morgan fingerprint density at radius 3 is 1.37 bits per heavy atom. The summed E-state index contributed by atoms with van der Waals surface area (Å²) in [5.74, 6) is 0.646. The van der Waals surface area contributed by atoms with Crippen molar-refractivity contribution in [3.63, 3.8) is 0 Å². The van der Waals surface area contributed by atoms with Gasteiger partial charge >= 0.3 is 0 Å². The molecule has 6 rings (SSSR count). The Balaban J connectivity index is 1.51. The third kappa shape index (κ3) is 2.19. The largest absolute Gasteiger partial charge is 0.368 e. The van der Waals surface area contributed by atoms with E-state index >= 15 is 0 Å². The Bertz CT molecular complexity index is 1050. The predicted molar refractivity (Wildman–Crippen MR) is 124 cm³/mol. The highest BCUT2D eigenvalue weighted by molar-refractivity contribution is 5.69. The lowest BCUT2D eigenvalue weighted by molar-refractivity contribution is 0.247. The molecule has 0 fully saturated rings. The van der Waals surface area contributed by atoms with Gasteiger partial charge in [-0.05, 0) is 58.2 Å². The molecule has 0 saturated carbocycles. The maximum Gasteiger partial charge on any atom is 0.0309 e. The van der Waals surface area contributed by atoms with Crippen LogP contribution in [-0.4, -0.2) is 0 Å². The first-order valence-corrected chi connectivity index (χ1v) is 10.8. The van der Waals surface area contributed by atoms with Crippen LogP contribution in [-0.2, 0) is 0 Å². The molecular weight excluding hydrogens is 364 g/mol. The molecule has 148 valence electrons. The molecular formula is C28H26N2. The average Bonchev–Trinajstić information content (AvgIpc) is 2.79. The second-order valence-electron chi connectivity index (χ2n) is 9.14. The molecule has 0 aromatic rings. The van der Waals surface area contributed by atoms with Crippen molar-refractivity contribution in [1.29, 1.82) is 0 Å². The topological polar surface area (TPSA) is 24.1 Å². The van der Waals surface area contributed by atoms with Gasteiger partial charge in [0.05, 0.1) is 0 Å². The van der Waals surface area contributed by atoms with E-state index < -0.39 is 0 Å². The molecule has 2 heterocycles. The summed E-state index contributed by atoms with van der Waals surface area (Å²) in [7, 11) is 0. The van der Waals surface area contributed by atoms with E-state index in [4.69, 9.17) is 0 Å². The van der Waals surface area contributed by atoms with Crippen molar-refractivity contribution >= 4 is 0 Å². The number of allylic oxidation sites excluding steroid dienone is 18. The monoisotopic (exact) mass is 390 g/mol. The number of dihydropyridines is 2. The van der Waals surface area contributed by atoms with E-state index in [1.807, 2.05) is 24.8 Å². The molecule has 0 spiro atoms. The van der Waals surface area contributed by atoms with Gasteiger partial charge in [-0.25, -0.2) is 0 Å². The number of nitrogens with one attached hydrogen (secondary N) is 2. The minimum atomic E-state index is -0.0522. The van der Waals surface area contributed by atoms with Crippen molar-refractivity contribution in [2.24, 2.45) is 22.7 Å². The minimum absolute atomic E-state index is 0.0522. The van der Waals surface area contributed by atoms with E-state index in [1.165, 1.54) is 33.4 Å². The zero-order valence-corrected chi connectivity index (χ0v) is 17.4. The highest BCUT2D eigenvalue weighted by Gasteiger charge is 2.56. The summed E-state index contributed by atoms with van der Waals surface area (Å²) in [5, 5.41) is 6.30. The SMILES string of the molecule is CC12C3=CC=C4C=C(C5C=CNC=C5)C=C(C=CC1=CC(C1C=CNC=C1)=C3)C42C. The van der Waals surface area contributed by atoms with Gasteiger partial charge in [-0.2, -0.15) is 0 Å². The van der Waals surface area contributed by atoms with Crippen LogP contribution in [0.25, 0.3) is 0 Å². The first-order valence-electron chi connectivity index (χ1n) is 10.8. The first-order chi connectivity index (χ1) is 14.6. The number of hydrogen-bond donors (Lipinski definition) is 2. The number of rotatable bonds is 2. The minimum Gasteiger partial charge on any atom is -0.368 e. The molecule has 2 N–H and O–H groups in total. The third-order valence-electron chi connectivity index (χ3n) is 7.85. The van der Waals surface area contributed by atoms with Crippen LogP contribution in [0.2, 0.25) is 0 Å². The van der Waals surface area contributed by atoms with Crippen LogP contribution in [0.1, 0.15) is 13.8 Å². The Hall–Kier alpha value is -3.26. The fourth-order valence-electron chi connectivity index (χ4n) is 5.79. The summed E-state index contributed by atoms with van der Waals surface area (Å²) in [6, 6.07) is 0. The number of hydrogen-bond acceptors (Lipinski definition) is 2. The lowest BCUT2D eigenvalue weighted by atomic mass is 9.46. The fraction of sp³-hybridized carbons (Fsp3) is 0.214. The molecule has 0 radical (unpaired) electrons. The second-order valence-corrected chi connectivity index (χ2v) is 9.14. The van der Waals surface area contributed by atoms with Crippen molar-refractivity contribution in [3.05, 3.63) is 131 Å². The first kappa shape index (κ1) is 17.6. The van der Waals surface area contributed by atoms with Gasteiger partial charge in [0.2, 0.25) is 0 Å². The van der Waals surface area contributed by atoms with Crippen molar-refractivity contribution in [1.82, 2.24) is 10.6 Å². The van der Waals surface area contributed by atoms with Gasteiger partial charge in [-0.1, -0.05) is 86.8 Å². The molecule has 2 aliphatic heterocycles. The average molecular weight is 391 g/mol. The zero-order valence-electron chi connectivity index (χ0n) is 17.4. The highest BCUT2D eigenvalue weighted by atomic mass is 14.8. The Morgan fingerprint density at radius 1 is 0.567 bits per heavy atom. The van der Waals surface area contributed by atoms with Crippen LogP contribution < -0.4 is 10.6 Å². The summed E-state index contributed by atoms with van der Waals surface area (Å²) in [4.78, 5) is 0. The Labute approximate surface area is 178 Å². The zero-order chi connectivity index (χ0) is 20.3. The van der Waals surface area contributed by atoms with E-state index in [1.54, 1.807) is 0 Å². The summed E-state index contributed by atoms with van der Waals surface area (Å²) in [6.45, 7) is 4.86. The van der Waals surface area contributed by atoms with Gasteiger partial charge in [-0.3, -0.25) is 0 Å². The van der Waals surface area contributed by atoms with Crippen LogP contribution in [0, 0.1) is 22.7 Å². The molecule has 0 bridgehead atoms. The van der Waals surface area contributed by atoms with Crippen molar-refractivity contribution in [2.45, 2.75) is 13.8 Å². The lowest BCUT2D eigenvalue weighted by Crippen LogP contribution is -2.47. The molecule has 0 saturated heterocycles. The highest BCUT2D eigenvalue weighted by Crippen LogP contribution is 2.65. The van der Waals surface area contributed by atoms with E-state index in [9.17, 15) is 0 Å². The van der Waals surface area contributed by atoms with Crippen LogP contribution in [0.5, 0.6) is 0 Å². The van der Waals surface area contributed by atoms with Crippen LogP contribution >= 0.6 is 0 Å². The summed E-state index contributed by atoms with van der Waals surface area (Å²) >= 11 is 0. The van der Waals surface area contributed by atoms with E-state index in [0.29, 0.717) is 11.8 Å². The summed E-state index contributed by atoms with van der Waals surface area (Å²) < 4.78 is 0. The smallest absolute Gasteiger partial charge is 0.0309 e. The summed E-state index contributed by atoms with van der Waals surface area (Å²) in [6.07, 6.45) is 36.1. The molecule has 0 amide bonds. The molecule has 30 heavy (non-hydrogen) atoms. The molecule has 2 heteroatoms. The fourth-order valence-corrected chi connectivity index (χ4v) is 5.79. The quantitative estimate of drug-likeness (QED) is 0.636. The van der Waals surface area contributed by atoms with E-state index in [2.05, 4.69) is 97.4 Å². The second kappa shape index (κ2) is 6.12. The van der Waals surface area contributed by atoms with Crippen LogP contribution in [0.3, 0.4) is 0 Å². The maximum absolute atomic E-state index is 3.15. The Morgan fingerprint density at radius 2 is 0.967 bits per heavy atom. The van der Waals surface area contributed by atoms with Crippen molar-refractivity contribution < 1.29 is 0 Å². The third-order valence-corrected chi connectivity index (χ3v) is 7.85. The molecule has 2 unspecified atom stereocenters. The maximum atomic E-state index is 3.15. The standard InChI is InChI=1S/C28H26N2/c1-27-23-3-5-25-17-22(20-9-13-30-14-10-20)18-26(28(25,27)2)6-4-24(27)16-21(15-23)19-7-11-29-12-8-19/h3-20,29-30H,1-2H3. The summed E-state index contributed by atoms with van der Waals surface area (Å²) in [5.41, 5.74) is 8.26. The van der Waals surface area contributed by atoms with Gasteiger partial charge in [0.1, 0.15) is 0 Å². The van der Waals surface area contributed by atoms with Gasteiger partial charge in [0, 0.05) is 22.7 Å². The predicted octanol–water partition coefficient (Wildman–Crippen LogP) is 5.66. The van der Waals surface area contributed by atoms with Crippen molar-refractivity contribution in [2.75, 3.05) is 0 Å². The van der Waals surface area contributed by atoms with Gasteiger partial charge in [0.25, 0.3) is 0 Å². The molecule has 2 atom stereocenters. The van der Waals surface area contributed by atoms with E-state index in [0.717, 1.165) is 0 Å². The molecule has 0 aromatic carbocycles. The van der Waals surface area contributed by atoms with Gasteiger partial charge < -0.3 is 10.6 Å². The van der Waals surface area contributed by atoms with Crippen LogP contribution in [0.15, 0.2) is 131 Å². The normalized spacial score (nSPS) is 33.4. The van der Waals surface area contributed by atoms with Gasteiger partial charge in [-0.15, -0.1) is 0 Å². The molecule has 2 nitrogen and oxygen atoms in total. The van der Waals surface area contributed by atoms with Gasteiger partial charge in [0.15, 0.2) is 0 Å². The molecule has 0 aromatic heterocycles. The van der Waals surface area contributed by atoms with Crippen molar-refractivity contribution in [3.8, 4) is 0 Å². The van der Waals surface area contributed by atoms with Crippen LogP contribution in [0.4, 0.5) is 0 Å². The molecule has 4 aliphatic carbocycles. The Kier molecular flexibility index (Phi) is 3.59.